The van der Waals surface area contributed by atoms with E-state index >= 15 is 0 Å². The number of hydrogen-bond acceptors (Lipinski definition) is 5. The van der Waals surface area contributed by atoms with E-state index < -0.39 is 17.6 Å². The summed E-state index contributed by atoms with van der Waals surface area (Å²) in [6.07, 6.45) is -4.46. The number of alkyl halides is 3. The van der Waals surface area contributed by atoms with E-state index in [2.05, 4.69) is 10.3 Å². The number of halogens is 4. The van der Waals surface area contributed by atoms with Crippen LogP contribution in [0.2, 0.25) is 5.02 Å². The van der Waals surface area contributed by atoms with Crippen LogP contribution in [0.3, 0.4) is 0 Å². The molecule has 2 amide bonds. The van der Waals surface area contributed by atoms with Crippen LogP contribution in [0.1, 0.15) is 11.3 Å². The van der Waals surface area contributed by atoms with Gasteiger partial charge in [0.1, 0.15) is 10.8 Å². The second kappa shape index (κ2) is 10.2. The summed E-state index contributed by atoms with van der Waals surface area (Å²) < 4.78 is 43.3. The number of carbonyl (C=O) groups is 2. The van der Waals surface area contributed by atoms with E-state index in [0.29, 0.717) is 32.7 Å². The lowest BCUT2D eigenvalue weighted by atomic mass is 10.1. The van der Waals surface area contributed by atoms with Crippen LogP contribution < -0.4 is 10.1 Å². The standard InChI is InChI=1S/C22H19ClF3N3O3S/c1-29(11-19(30)28-17-9-15(23)7-8-18(17)32-2)20(31)10-16-12-33-21(27-16)13-3-5-14(6-4-13)22(24,25)26/h3-9,12H,10-11H2,1-2H3,(H,28,30). The smallest absolute Gasteiger partial charge is 0.416 e. The molecule has 174 valence electrons. The van der Waals surface area contributed by atoms with Crippen molar-refractivity contribution >= 4 is 40.4 Å². The predicted molar refractivity (Wildman–Crippen MR) is 121 cm³/mol. The van der Waals surface area contributed by atoms with Crippen molar-refractivity contribution in [2.45, 2.75) is 12.6 Å². The lowest BCUT2D eigenvalue weighted by Crippen LogP contribution is -2.35. The lowest BCUT2D eigenvalue weighted by molar-refractivity contribution is -0.137. The van der Waals surface area contributed by atoms with E-state index in [0.717, 1.165) is 12.1 Å². The number of carbonyl (C=O) groups excluding carboxylic acids is 2. The SMILES string of the molecule is COc1ccc(Cl)cc1NC(=O)CN(C)C(=O)Cc1csc(-c2ccc(C(F)(F)F)cc2)n1. The van der Waals surface area contributed by atoms with Gasteiger partial charge in [0.2, 0.25) is 11.8 Å². The van der Waals surface area contributed by atoms with E-state index in [1.54, 1.807) is 17.5 Å². The van der Waals surface area contributed by atoms with E-state index in [1.807, 2.05) is 0 Å². The minimum absolute atomic E-state index is 0.0542. The maximum absolute atomic E-state index is 12.7. The number of nitrogens with one attached hydrogen (secondary N) is 1. The van der Waals surface area contributed by atoms with Crippen molar-refractivity contribution < 1.29 is 27.5 Å². The number of methoxy groups -OCH3 is 1. The van der Waals surface area contributed by atoms with Gasteiger partial charge in [0.05, 0.1) is 37.0 Å². The largest absolute Gasteiger partial charge is 0.495 e. The number of nitrogens with zero attached hydrogens (tertiary/aromatic N) is 2. The highest BCUT2D eigenvalue weighted by atomic mass is 35.5. The number of benzene rings is 2. The minimum Gasteiger partial charge on any atom is -0.495 e. The number of thiazole rings is 1. The third-order valence-corrected chi connectivity index (χ3v) is 5.76. The maximum atomic E-state index is 12.7. The summed E-state index contributed by atoms with van der Waals surface area (Å²) in [5.41, 5.74) is 0.628. The fourth-order valence-electron chi connectivity index (χ4n) is 2.88. The van der Waals surface area contributed by atoms with Crippen molar-refractivity contribution in [1.29, 1.82) is 0 Å². The molecule has 3 aromatic rings. The molecule has 0 spiro atoms. The molecule has 0 saturated heterocycles. The van der Waals surface area contributed by atoms with Gasteiger partial charge in [-0.05, 0) is 30.3 Å². The van der Waals surface area contributed by atoms with Gasteiger partial charge < -0.3 is 15.0 Å². The van der Waals surface area contributed by atoms with Gasteiger partial charge in [-0.3, -0.25) is 9.59 Å². The van der Waals surface area contributed by atoms with Crippen molar-refractivity contribution in [3.05, 3.63) is 64.1 Å². The van der Waals surface area contributed by atoms with Crippen LogP contribution in [0.25, 0.3) is 10.6 Å². The monoisotopic (exact) mass is 497 g/mol. The van der Waals surface area contributed by atoms with E-state index in [4.69, 9.17) is 16.3 Å². The van der Waals surface area contributed by atoms with Gasteiger partial charge in [-0.15, -0.1) is 11.3 Å². The molecule has 0 aliphatic rings. The molecule has 0 aliphatic carbocycles. The van der Waals surface area contributed by atoms with Gasteiger partial charge in [-0.25, -0.2) is 4.98 Å². The molecule has 1 heterocycles. The normalized spacial score (nSPS) is 11.2. The Morgan fingerprint density at radius 2 is 1.88 bits per heavy atom. The van der Waals surface area contributed by atoms with Gasteiger partial charge >= 0.3 is 6.18 Å². The molecule has 11 heteroatoms. The Balaban J connectivity index is 1.59. The fourth-order valence-corrected chi connectivity index (χ4v) is 3.88. The second-order valence-electron chi connectivity index (χ2n) is 7.04. The average Bonchev–Trinajstić information content (AvgIpc) is 3.21. The number of anilines is 1. The minimum atomic E-state index is -4.41. The van der Waals surface area contributed by atoms with Crippen LogP contribution in [-0.4, -0.2) is 42.4 Å². The van der Waals surface area contributed by atoms with Crippen molar-refractivity contribution in [2.24, 2.45) is 0 Å². The van der Waals surface area contributed by atoms with Gasteiger partial charge in [0, 0.05) is 23.0 Å². The summed E-state index contributed by atoms with van der Waals surface area (Å²) in [5, 5.41) is 5.24. The molecule has 0 bridgehead atoms. The zero-order chi connectivity index (χ0) is 24.2. The van der Waals surface area contributed by atoms with Gasteiger partial charge in [0.25, 0.3) is 0 Å². The molecule has 0 atom stereocenters. The number of ether oxygens (including phenoxy) is 1. The first-order valence-corrected chi connectivity index (χ1v) is 10.8. The quantitative estimate of drug-likeness (QED) is 0.491. The fraction of sp³-hybridized carbons (Fsp3) is 0.227. The van der Waals surface area contributed by atoms with Gasteiger partial charge in [-0.2, -0.15) is 13.2 Å². The summed E-state index contributed by atoms with van der Waals surface area (Å²) in [7, 11) is 2.95. The molecule has 3 rings (SSSR count). The van der Waals surface area contributed by atoms with Crippen molar-refractivity contribution in [2.75, 3.05) is 26.0 Å². The Morgan fingerprint density at radius 3 is 2.52 bits per heavy atom. The van der Waals surface area contributed by atoms with Crippen LogP contribution in [0.5, 0.6) is 5.75 Å². The number of rotatable bonds is 7. The molecule has 0 radical (unpaired) electrons. The molecule has 6 nitrogen and oxygen atoms in total. The Labute approximate surface area is 197 Å². The molecule has 1 aromatic heterocycles. The van der Waals surface area contributed by atoms with E-state index in [-0.39, 0.29) is 18.9 Å². The lowest BCUT2D eigenvalue weighted by Gasteiger charge is -2.17. The Morgan fingerprint density at radius 1 is 1.18 bits per heavy atom. The zero-order valence-corrected chi connectivity index (χ0v) is 19.1. The highest BCUT2D eigenvalue weighted by Crippen LogP contribution is 2.32. The van der Waals surface area contributed by atoms with E-state index in [9.17, 15) is 22.8 Å². The first-order valence-electron chi connectivity index (χ1n) is 9.56. The van der Waals surface area contributed by atoms with Crippen LogP contribution in [-0.2, 0) is 22.2 Å². The van der Waals surface area contributed by atoms with Crippen molar-refractivity contribution in [3.8, 4) is 16.3 Å². The molecular weight excluding hydrogens is 479 g/mol. The Hall–Kier alpha value is -3.11. The molecule has 0 unspecified atom stereocenters. The maximum Gasteiger partial charge on any atom is 0.416 e. The molecule has 1 N–H and O–H groups in total. The van der Waals surface area contributed by atoms with Gasteiger partial charge in [-0.1, -0.05) is 23.7 Å². The first kappa shape index (κ1) is 24.5. The number of likely N-dealkylation sites (N-methyl/N-ethyl adjacent to an activating group) is 1. The van der Waals surface area contributed by atoms with E-state index in [1.165, 1.54) is 48.6 Å². The third kappa shape index (κ3) is 6.45. The summed E-state index contributed by atoms with van der Waals surface area (Å²) in [4.78, 5) is 30.5. The topological polar surface area (TPSA) is 71.5 Å². The van der Waals surface area contributed by atoms with Crippen molar-refractivity contribution in [1.82, 2.24) is 9.88 Å². The number of hydrogen-bond donors (Lipinski definition) is 1. The molecular formula is C22H19ClF3N3O3S. The Bertz CT molecular complexity index is 1150. The van der Waals surface area contributed by atoms with Gasteiger partial charge in [0.15, 0.2) is 0 Å². The predicted octanol–water partition coefficient (Wildman–Crippen LogP) is 5.13. The zero-order valence-electron chi connectivity index (χ0n) is 17.6. The van der Waals surface area contributed by atoms with Crippen molar-refractivity contribution in [3.63, 3.8) is 0 Å². The van der Waals surface area contributed by atoms with Crippen LogP contribution in [0.15, 0.2) is 47.8 Å². The summed E-state index contributed by atoms with van der Waals surface area (Å²) in [5.74, 6) is -0.345. The second-order valence-corrected chi connectivity index (χ2v) is 8.33. The van der Waals surface area contributed by atoms with Crippen LogP contribution in [0.4, 0.5) is 18.9 Å². The summed E-state index contributed by atoms with van der Waals surface area (Å²) in [6, 6.07) is 9.44. The van der Waals surface area contributed by atoms with Crippen LogP contribution in [0, 0.1) is 0 Å². The molecule has 2 aromatic carbocycles. The molecule has 0 fully saturated rings. The summed E-state index contributed by atoms with van der Waals surface area (Å²) >= 11 is 7.17. The highest BCUT2D eigenvalue weighted by Gasteiger charge is 2.30. The number of aromatic nitrogens is 1. The molecule has 0 aliphatic heterocycles. The molecule has 0 saturated carbocycles. The first-order chi connectivity index (χ1) is 15.6. The average molecular weight is 498 g/mol. The third-order valence-electron chi connectivity index (χ3n) is 4.59. The Kier molecular flexibility index (Phi) is 7.60. The van der Waals surface area contributed by atoms with Crippen LogP contribution >= 0.6 is 22.9 Å². The highest BCUT2D eigenvalue weighted by molar-refractivity contribution is 7.13. The number of amides is 2. The molecule has 33 heavy (non-hydrogen) atoms. The summed E-state index contributed by atoms with van der Waals surface area (Å²) in [6.45, 7) is -0.204.